The van der Waals surface area contributed by atoms with Crippen LogP contribution in [0.2, 0.25) is 10.0 Å². The van der Waals surface area contributed by atoms with Gasteiger partial charge in [-0.15, -0.1) is 0 Å². The molecule has 1 amide bonds. The maximum absolute atomic E-state index is 12.3. The topological polar surface area (TPSA) is 87.6 Å². The first kappa shape index (κ1) is 31.1. The highest BCUT2D eigenvalue weighted by atomic mass is 35.5. The van der Waals surface area contributed by atoms with Crippen LogP contribution >= 0.6 is 23.2 Å². The van der Waals surface area contributed by atoms with Crippen LogP contribution in [-0.4, -0.2) is 48.8 Å². The summed E-state index contributed by atoms with van der Waals surface area (Å²) in [4.78, 5) is 17.3. The van der Waals surface area contributed by atoms with E-state index in [-0.39, 0.29) is 0 Å². The number of anilines is 1. The minimum atomic E-state index is -0.805. The Morgan fingerprint density at radius 2 is 1.63 bits per heavy atom. The number of benzene rings is 1. The number of hydrogen-bond donors (Lipinski definition) is 1. The minimum Gasteiger partial charge on any atom is -0.350 e. The second-order valence-electron chi connectivity index (χ2n) is 10.4. The molecule has 1 aromatic carbocycles. The van der Waals surface area contributed by atoms with E-state index in [1.165, 1.54) is 57.4 Å². The van der Waals surface area contributed by atoms with Gasteiger partial charge in [-0.05, 0) is 45.4 Å². The zero-order chi connectivity index (χ0) is 27.5. The van der Waals surface area contributed by atoms with Crippen LogP contribution in [0.25, 0.3) is 0 Å². The van der Waals surface area contributed by atoms with Crippen molar-refractivity contribution in [2.75, 3.05) is 11.9 Å². The van der Waals surface area contributed by atoms with Gasteiger partial charge in [-0.3, -0.25) is 10.2 Å². The number of carbonyl (C=O) groups excluding carboxylic acids is 1. The number of amides is 1. The SMILES string of the molecule is CCCCCCCCCCCCO[C@H]1O[C@H](/C(C)=N/OC(=O)Nc2cc(Cl)ccc2Cl)[C@@H]2OC(C)(C)O[C@H]12. The molecule has 0 aliphatic carbocycles. The zero-order valence-electron chi connectivity index (χ0n) is 23.0. The predicted molar refractivity (Wildman–Crippen MR) is 150 cm³/mol. The smallest absolute Gasteiger partial charge is 0.350 e. The summed E-state index contributed by atoms with van der Waals surface area (Å²) in [7, 11) is 0. The van der Waals surface area contributed by atoms with Gasteiger partial charge in [0, 0.05) is 11.6 Å². The van der Waals surface area contributed by atoms with Crippen molar-refractivity contribution in [1.82, 2.24) is 0 Å². The van der Waals surface area contributed by atoms with E-state index in [4.69, 9.17) is 47.0 Å². The third-order valence-electron chi connectivity index (χ3n) is 6.64. The number of hydrogen-bond acceptors (Lipinski definition) is 7. The molecule has 2 aliphatic rings. The van der Waals surface area contributed by atoms with Crippen LogP contribution < -0.4 is 5.32 Å². The lowest BCUT2D eigenvalue weighted by Gasteiger charge is -2.24. The second kappa shape index (κ2) is 15.4. The number of fused-ring (bicyclic) bond motifs is 1. The molecule has 1 aromatic rings. The largest absolute Gasteiger partial charge is 0.437 e. The minimum absolute atomic E-state index is 0.323. The van der Waals surface area contributed by atoms with Crippen molar-refractivity contribution in [1.29, 1.82) is 0 Å². The van der Waals surface area contributed by atoms with E-state index >= 15 is 0 Å². The van der Waals surface area contributed by atoms with Crippen LogP contribution in [0.1, 0.15) is 91.9 Å². The Kier molecular flexibility index (Phi) is 12.6. The Morgan fingerprint density at radius 1 is 1.00 bits per heavy atom. The molecule has 3 rings (SSSR count). The standard InChI is InChI=1S/C28H42Cl2N2O6/c1-5-6-7-8-9-10-11-12-13-14-17-34-26-25-24(36-28(3,4)37-25)23(35-26)19(2)32-38-27(33)31-22-18-20(29)15-16-21(22)30/h15-16,18,23-26H,5-14,17H2,1-4H3,(H,31,33)/b32-19+/t23-,24+,25+,26+/m1/s1. The Morgan fingerprint density at radius 3 is 2.32 bits per heavy atom. The normalized spacial score (nSPS) is 24.4. The van der Waals surface area contributed by atoms with Gasteiger partial charge in [0.2, 0.25) is 0 Å². The highest BCUT2D eigenvalue weighted by Crippen LogP contribution is 2.39. The summed E-state index contributed by atoms with van der Waals surface area (Å²) in [5.41, 5.74) is 0.752. The lowest BCUT2D eigenvalue weighted by molar-refractivity contribution is -0.226. The van der Waals surface area contributed by atoms with Gasteiger partial charge in [-0.25, -0.2) is 4.79 Å². The molecule has 10 heteroatoms. The van der Waals surface area contributed by atoms with Crippen LogP contribution in [-0.2, 0) is 23.8 Å². The van der Waals surface area contributed by atoms with Gasteiger partial charge in [-0.1, -0.05) is 93.1 Å². The maximum Gasteiger partial charge on any atom is 0.437 e. The quantitative estimate of drug-likeness (QED) is 0.0987. The molecule has 1 N–H and O–H groups in total. The highest BCUT2D eigenvalue weighted by molar-refractivity contribution is 6.35. The van der Waals surface area contributed by atoms with Crippen LogP contribution in [0.5, 0.6) is 0 Å². The fourth-order valence-electron chi connectivity index (χ4n) is 4.71. The van der Waals surface area contributed by atoms with Gasteiger partial charge in [0.05, 0.1) is 16.4 Å². The van der Waals surface area contributed by atoms with E-state index in [1.54, 1.807) is 19.1 Å². The van der Waals surface area contributed by atoms with E-state index in [2.05, 4.69) is 17.4 Å². The molecule has 2 fully saturated rings. The number of nitrogens with one attached hydrogen (secondary N) is 1. The Hall–Kier alpha value is -1.42. The van der Waals surface area contributed by atoms with E-state index in [9.17, 15) is 4.79 Å². The predicted octanol–water partition coefficient (Wildman–Crippen LogP) is 8.10. The van der Waals surface area contributed by atoms with Gasteiger partial charge in [-0.2, -0.15) is 0 Å². The number of carbonyl (C=O) groups is 1. The Labute approximate surface area is 236 Å². The molecular weight excluding hydrogens is 531 g/mol. The molecule has 2 aliphatic heterocycles. The summed E-state index contributed by atoms with van der Waals surface area (Å²) in [5, 5.41) is 7.25. The number of halogens is 2. The summed E-state index contributed by atoms with van der Waals surface area (Å²) in [5.74, 6) is -0.780. The molecule has 38 heavy (non-hydrogen) atoms. The fourth-order valence-corrected chi connectivity index (χ4v) is 5.05. The van der Waals surface area contributed by atoms with Crippen molar-refractivity contribution in [3.63, 3.8) is 0 Å². The molecule has 8 nitrogen and oxygen atoms in total. The maximum atomic E-state index is 12.3. The van der Waals surface area contributed by atoms with Gasteiger partial charge >= 0.3 is 6.09 Å². The van der Waals surface area contributed by atoms with E-state index in [0.29, 0.717) is 28.1 Å². The summed E-state index contributed by atoms with van der Waals surface area (Å²) >= 11 is 12.0. The lowest BCUT2D eigenvalue weighted by atomic mass is 10.1. The van der Waals surface area contributed by atoms with Gasteiger partial charge in [0.1, 0.15) is 18.3 Å². The molecular formula is C28H42Cl2N2O6. The third-order valence-corrected chi connectivity index (χ3v) is 7.21. The van der Waals surface area contributed by atoms with Gasteiger partial charge < -0.3 is 18.9 Å². The van der Waals surface area contributed by atoms with Gasteiger partial charge in [0.25, 0.3) is 0 Å². The third kappa shape index (κ3) is 9.65. The first-order chi connectivity index (χ1) is 18.2. The molecule has 0 bridgehead atoms. The molecule has 0 unspecified atom stereocenters. The van der Waals surface area contributed by atoms with E-state index in [1.807, 2.05) is 13.8 Å². The second-order valence-corrected chi connectivity index (χ2v) is 11.2. The number of rotatable bonds is 15. The average Bonchev–Trinajstić information content (AvgIpc) is 3.36. The molecule has 2 heterocycles. The summed E-state index contributed by atoms with van der Waals surface area (Å²) in [6.07, 6.45) is 9.78. The van der Waals surface area contributed by atoms with Crippen molar-refractivity contribution in [2.45, 2.75) is 122 Å². The Bertz CT molecular complexity index is 929. The van der Waals surface area contributed by atoms with Crippen LogP contribution in [0.4, 0.5) is 10.5 Å². The fraction of sp³-hybridized carbons (Fsp3) is 0.714. The first-order valence-corrected chi connectivity index (χ1v) is 14.6. The molecule has 0 spiro atoms. The van der Waals surface area contributed by atoms with Crippen LogP contribution in [0.3, 0.4) is 0 Å². The van der Waals surface area contributed by atoms with Crippen molar-refractivity contribution in [3.8, 4) is 0 Å². The number of oxime groups is 1. The molecule has 4 atom stereocenters. The van der Waals surface area contributed by atoms with E-state index in [0.717, 1.165) is 12.8 Å². The molecule has 0 saturated carbocycles. The van der Waals surface area contributed by atoms with Crippen LogP contribution in [0, 0.1) is 0 Å². The van der Waals surface area contributed by atoms with Crippen molar-refractivity contribution in [3.05, 3.63) is 28.2 Å². The molecule has 0 radical (unpaired) electrons. The van der Waals surface area contributed by atoms with Crippen LogP contribution in [0.15, 0.2) is 23.4 Å². The van der Waals surface area contributed by atoms with Crippen molar-refractivity contribution >= 4 is 40.7 Å². The van der Waals surface area contributed by atoms with Gasteiger partial charge in [0.15, 0.2) is 12.1 Å². The average molecular weight is 574 g/mol. The molecule has 2 saturated heterocycles. The molecule has 214 valence electrons. The van der Waals surface area contributed by atoms with Crippen molar-refractivity contribution in [2.24, 2.45) is 5.16 Å². The summed E-state index contributed by atoms with van der Waals surface area (Å²) < 4.78 is 24.3. The monoisotopic (exact) mass is 572 g/mol. The highest BCUT2D eigenvalue weighted by Gasteiger charge is 2.56. The number of nitrogens with zero attached hydrogens (tertiary/aromatic N) is 1. The Balaban J connectivity index is 1.43. The van der Waals surface area contributed by atoms with Crippen molar-refractivity contribution < 1.29 is 28.6 Å². The molecule has 0 aromatic heterocycles. The number of unbranched alkanes of at least 4 members (excludes halogenated alkanes) is 9. The lowest BCUT2D eigenvalue weighted by Crippen LogP contribution is -2.34. The summed E-state index contributed by atoms with van der Waals surface area (Å²) in [6.45, 7) is 8.24. The zero-order valence-corrected chi connectivity index (χ0v) is 24.5. The number of ether oxygens (including phenoxy) is 4. The first-order valence-electron chi connectivity index (χ1n) is 13.8. The van der Waals surface area contributed by atoms with E-state index < -0.39 is 36.5 Å². The summed E-state index contributed by atoms with van der Waals surface area (Å²) in [6, 6.07) is 4.72.